The number of imidazole rings is 1. The van der Waals surface area contributed by atoms with Crippen molar-refractivity contribution in [2.45, 2.75) is 150 Å². The van der Waals surface area contributed by atoms with Gasteiger partial charge in [0.2, 0.25) is 0 Å². The average Bonchev–Trinajstić information content (AvgIpc) is 3.71. The van der Waals surface area contributed by atoms with Crippen LogP contribution in [0.4, 0.5) is 0 Å². The van der Waals surface area contributed by atoms with E-state index in [4.69, 9.17) is 9.97 Å². The van der Waals surface area contributed by atoms with E-state index in [-0.39, 0.29) is 38.2 Å². The van der Waals surface area contributed by atoms with Crippen molar-refractivity contribution in [3.63, 3.8) is 0 Å². The number of pyridine rings is 1. The molecule has 1 N–H and O–H groups in total. The number of phenols is 1. The van der Waals surface area contributed by atoms with Gasteiger partial charge in [0.15, 0.2) is 0 Å². The molecule has 372 valence electrons. The molecule has 0 atom stereocenters. The normalized spacial score (nSPS) is 14.8. The Balaban J connectivity index is 1.32. The van der Waals surface area contributed by atoms with E-state index in [1.807, 2.05) is 6.20 Å². The molecule has 0 aliphatic heterocycles. The Morgan fingerprint density at radius 2 is 1.11 bits per heavy atom. The third-order valence-corrected chi connectivity index (χ3v) is 15.8. The number of hydrogen-bond donors (Lipinski definition) is 1. The Morgan fingerprint density at radius 1 is 0.479 bits per heavy atom. The molecule has 0 fully saturated rings. The van der Waals surface area contributed by atoms with Crippen molar-refractivity contribution in [3.8, 4) is 67.5 Å². The monoisotopic (exact) mass is 962 g/mol. The molecular formula is C69H75N3O. The first kappa shape index (κ1) is 49.8. The summed E-state index contributed by atoms with van der Waals surface area (Å²) in [5.41, 5.74) is 18.7. The van der Waals surface area contributed by atoms with Gasteiger partial charge in [0.25, 0.3) is 0 Å². The summed E-state index contributed by atoms with van der Waals surface area (Å²) in [6.45, 7) is 36.7. The Morgan fingerprint density at radius 3 is 1.78 bits per heavy atom. The molecule has 73 heavy (non-hydrogen) atoms. The number of aromatic hydroxyl groups is 1. The molecular weight excluding hydrogens is 887 g/mol. The third-order valence-electron chi connectivity index (χ3n) is 15.8. The van der Waals surface area contributed by atoms with Crippen LogP contribution in [0.25, 0.3) is 83.5 Å². The predicted octanol–water partition coefficient (Wildman–Crippen LogP) is 18.8. The Kier molecular flexibility index (Phi) is 11.7. The minimum atomic E-state index is -0.345. The van der Waals surface area contributed by atoms with Crippen LogP contribution in [0, 0.1) is 0 Å². The van der Waals surface area contributed by atoms with Gasteiger partial charge in [-0.1, -0.05) is 202 Å². The molecule has 0 amide bonds. The highest BCUT2D eigenvalue weighted by atomic mass is 16.3. The zero-order valence-corrected chi connectivity index (χ0v) is 46.4. The summed E-state index contributed by atoms with van der Waals surface area (Å²) in [6.07, 6.45) is 3.00. The van der Waals surface area contributed by atoms with E-state index >= 15 is 0 Å². The second-order valence-electron chi connectivity index (χ2n) is 26.5. The van der Waals surface area contributed by atoms with E-state index in [1.165, 1.54) is 38.6 Å². The lowest BCUT2D eigenvalue weighted by molar-refractivity contribution is 0.341. The van der Waals surface area contributed by atoms with Gasteiger partial charge in [-0.3, -0.25) is 9.55 Å². The van der Waals surface area contributed by atoms with Crippen molar-refractivity contribution in [2.24, 2.45) is 0 Å². The van der Waals surface area contributed by atoms with Crippen LogP contribution in [0.15, 0.2) is 146 Å². The van der Waals surface area contributed by atoms with Crippen LogP contribution in [0.2, 0.25) is 0 Å². The molecule has 2 heterocycles. The fourth-order valence-corrected chi connectivity index (χ4v) is 11.8. The van der Waals surface area contributed by atoms with Crippen LogP contribution in [0.5, 0.6) is 5.75 Å². The number of nitrogens with zero attached hydrogens (tertiary/aromatic N) is 3. The van der Waals surface area contributed by atoms with Crippen molar-refractivity contribution in [1.29, 1.82) is 0 Å². The van der Waals surface area contributed by atoms with E-state index in [9.17, 15) is 5.11 Å². The maximum Gasteiger partial charge on any atom is 0.149 e. The summed E-state index contributed by atoms with van der Waals surface area (Å²) in [4.78, 5) is 10.8. The molecule has 1 aliphatic rings. The molecule has 0 unspecified atom stereocenters. The van der Waals surface area contributed by atoms with Crippen LogP contribution < -0.4 is 0 Å². The smallest absolute Gasteiger partial charge is 0.149 e. The van der Waals surface area contributed by atoms with Gasteiger partial charge in [-0.25, -0.2) is 4.98 Å². The number of benzene rings is 7. The van der Waals surface area contributed by atoms with Crippen molar-refractivity contribution in [3.05, 3.63) is 179 Å². The molecule has 2 aromatic heterocycles. The van der Waals surface area contributed by atoms with Gasteiger partial charge in [-0.2, -0.15) is 0 Å². The van der Waals surface area contributed by atoms with E-state index in [0.29, 0.717) is 5.82 Å². The van der Waals surface area contributed by atoms with Crippen LogP contribution in [-0.2, 0) is 32.5 Å². The molecule has 0 bridgehead atoms. The van der Waals surface area contributed by atoms with Crippen molar-refractivity contribution in [2.75, 3.05) is 0 Å². The summed E-state index contributed by atoms with van der Waals surface area (Å²) in [6, 6.07) is 51.6. The minimum Gasteiger partial charge on any atom is -0.507 e. The second kappa shape index (κ2) is 17.2. The SMILES string of the molecule is CC(C)(C)c1cc(-c2cc(-c3ccccc3)ccn2)cc(-c2cccc3c2nc(-c2cc(C(C)(C)C)cc(C(C)(C)C)c2O)n3-c2ccc(C(C)(C)C)cc2-c2ccc3c4c(cccc24)C(C)(C)CC3(C)C)c1. The minimum absolute atomic E-state index is 0.000117. The maximum atomic E-state index is 12.9. The fraction of sp³-hybridized carbons (Fsp3) is 0.333. The highest BCUT2D eigenvalue weighted by Crippen LogP contribution is 2.52. The Hall–Kier alpha value is -6.78. The Bertz CT molecular complexity index is 3610. The highest BCUT2D eigenvalue weighted by Gasteiger charge is 2.39. The summed E-state index contributed by atoms with van der Waals surface area (Å²) < 4.78 is 2.36. The van der Waals surface area contributed by atoms with Crippen LogP contribution >= 0.6 is 0 Å². The quantitative estimate of drug-likeness (QED) is 0.181. The lowest BCUT2D eigenvalue weighted by atomic mass is 9.61. The zero-order chi connectivity index (χ0) is 52.4. The van der Waals surface area contributed by atoms with Gasteiger partial charge < -0.3 is 5.11 Å². The lowest BCUT2D eigenvalue weighted by Crippen LogP contribution is -2.34. The molecule has 4 nitrogen and oxygen atoms in total. The first-order valence-electron chi connectivity index (χ1n) is 26.4. The summed E-state index contributed by atoms with van der Waals surface area (Å²) >= 11 is 0. The number of fused-ring (bicyclic) bond motifs is 1. The number of aromatic nitrogens is 3. The number of para-hydroxylation sites is 1. The van der Waals surface area contributed by atoms with Gasteiger partial charge in [-0.05, 0) is 148 Å². The third kappa shape index (κ3) is 8.89. The van der Waals surface area contributed by atoms with Gasteiger partial charge in [-0.15, -0.1) is 0 Å². The molecule has 9 aromatic rings. The zero-order valence-electron chi connectivity index (χ0n) is 46.4. The largest absolute Gasteiger partial charge is 0.507 e. The van der Waals surface area contributed by atoms with Gasteiger partial charge in [0, 0.05) is 28.5 Å². The molecule has 0 saturated carbocycles. The number of rotatable bonds is 6. The van der Waals surface area contributed by atoms with E-state index in [0.717, 1.165) is 78.9 Å². The Labute approximate surface area is 435 Å². The molecule has 1 aliphatic carbocycles. The molecule has 0 spiro atoms. The molecule has 10 rings (SSSR count). The first-order chi connectivity index (χ1) is 34.1. The molecule has 0 radical (unpaired) electrons. The van der Waals surface area contributed by atoms with Gasteiger partial charge in [0.05, 0.1) is 28.0 Å². The van der Waals surface area contributed by atoms with Crippen molar-refractivity contribution < 1.29 is 5.11 Å². The molecule has 7 aromatic carbocycles. The van der Waals surface area contributed by atoms with Crippen LogP contribution in [-0.4, -0.2) is 19.6 Å². The average molecular weight is 962 g/mol. The summed E-state index contributed by atoms with van der Waals surface area (Å²) in [5, 5.41) is 15.5. The summed E-state index contributed by atoms with van der Waals surface area (Å²) in [5.74, 6) is 0.967. The van der Waals surface area contributed by atoms with E-state index < -0.39 is 0 Å². The number of phenolic OH excluding ortho intramolecular Hbond substituents is 1. The van der Waals surface area contributed by atoms with Gasteiger partial charge in [0.1, 0.15) is 11.6 Å². The van der Waals surface area contributed by atoms with Gasteiger partial charge >= 0.3 is 0 Å². The van der Waals surface area contributed by atoms with Crippen molar-refractivity contribution >= 4 is 21.8 Å². The second-order valence-corrected chi connectivity index (χ2v) is 26.5. The van der Waals surface area contributed by atoms with Crippen molar-refractivity contribution in [1.82, 2.24) is 14.5 Å². The fourth-order valence-electron chi connectivity index (χ4n) is 11.8. The highest BCUT2D eigenvalue weighted by molar-refractivity contribution is 6.05. The first-order valence-corrected chi connectivity index (χ1v) is 26.4. The predicted molar refractivity (Wildman–Crippen MR) is 311 cm³/mol. The molecule has 4 heteroatoms. The summed E-state index contributed by atoms with van der Waals surface area (Å²) in [7, 11) is 0. The van der Waals surface area contributed by atoms with E-state index in [1.54, 1.807) is 0 Å². The van der Waals surface area contributed by atoms with Crippen LogP contribution in [0.1, 0.15) is 151 Å². The molecule has 0 saturated heterocycles. The maximum absolute atomic E-state index is 12.9. The topological polar surface area (TPSA) is 50.9 Å². The van der Waals surface area contributed by atoms with E-state index in [2.05, 4.69) is 255 Å². The number of hydrogen-bond acceptors (Lipinski definition) is 3. The standard InChI is InChI=1S/C69H75N3O/c1-64(2,3)46-28-31-58(52(38-46)50-29-30-55-60-51(50)25-20-26-54(60)68(13,14)41-69(55,15)16)72-59-27-21-24-49(61(59)71-63(72)53-39-48(66(7,8)9)40-56(62(53)73)67(10,11)12)44-34-45(36-47(35-44)65(4,5)6)57-37-43(32-33-70-57)42-22-18-17-19-23-42/h17-40,73H,41H2,1-16H3. The van der Waals surface area contributed by atoms with Crippen LogP contribution in [0.3, 0.4) is 0 Å². The lowest BCUT2D eigenvalue weighted by Gasteiger charge is -2.42.